The SMILES string of the molecule is CCCC(CCC)N(C)c1nc(C)c(N=CN(C)CC)cc1Br. The third kappa shape index (κ3) is 5.79. The van der Waals surface area contributed by atoms with Crippen molar-refractivity contribution in [3.63, 3.8) is 0 Å². The minimum atomic E-state index is 0.536. The van der Waals surface area contributed by atoms with Crippen LogP contribution in [0, 0.1) is 6.92 Å². The first-order valence-corrected chi connectivity index (χ1v) is 9.38. The van der Waals surface area contributed by atoms with Gasteiger partial charge in [0.05, 0.1) is 22.2 Å². The Balaban J connectivity index is 3.05. The van der Waals surface area contributed by atoms with Crippen LogP contribution in [-0.4, -0.2) is 42.9 Å². The number of hydrogen-bond donors (Lipinski definition) is 0. The molecule has 1 heterocycles. The Bertz CT molecular complexity index is 510. The molecule has 0 saturated heterocycles. The van der Waals surface area contributed by atoms with E-state index in [4.69, 9.17) is 4.98 Å². The van der Waals surface area contributed by atoms with Gasteiger partial charge in [-0.25, -0.2) is 9.98 Å². The molecule has 0 bridgehead atoms. The standard InChI is InChI=1S/C18H31BrN4/c1-7-10-15(11-8-2)23(6)18-16(19)12-17(14(4)21-18)20-13-22(5)9-3/h12-13,15H,7-11H2,1-6H3. The summed E-state index contributed by atoms with van der Waals surface area (Å²) in [5.74, 6) is 1.01. The van der Waals surface area contributed by atoms with E-state index >= 15 is 0 Å². The van der Waals surface area contributed by atoms with E-state index in [-0.39, 0.29) is 0 Å². The van der Waals surface area contributed by atoms with Crippen molar-refractivity contribution in [3.05, 3.63) is 16.2 Å². The second-order valence-electron chi connectivity index (χ2n) is 6.06. The van der Waals surface area contributed by atoms with Gasteiger partial charge in [0, 0.05) is 26.7 Å². The molecule has 0 aliphatic heterocycles. The molecule has 0 amide bonds. The second-order valence-corrected chi connectivity index (χ2v) is 6.91. The molecule has 4 nitrogen and oxygen atoms in total. The minimum absolute atomic E-state index is 0.536. The summed E-state index contributed by atoms with van der Waals surface area (Å²) in [6.07, 6.45) is 6.63. The van der Waals surface area contributed by atoms with Crippen LogP contribution in [0.4, 0.5) is 11.5 Å². The van der Waals surface area contributed by atoms with E-state index in [1.165, 1.54) is 25.7 Å². The summed E-state index contributed by atoms with van der Waals surface area (Å²) < 4.78 is 1.01. The predicted molar refractivity (Wildman–Crippen MR) is 105 cm³/mol. The average molecular weight is 383 g/mol. The van der Waals surface area contributed by atoms with Crippen LogP contribution >= 0.6 is 15.9 Å². The highest BCUT2D eigenvalue weighted by Crippen LogP contribution is 2.32. The maximum absolute atomic E-state index is 4.81. The van der Waals surface area contributed by atoms with Gasteiger partial charge in [0.15, 0.2) is 0 Å². The Labute approximate surface area is 150 Å². The Hall–Kier alpha value is -1.10. The molecule has 0 spiro atoms. The zero-order valence-corrected chi connectivity index (χ0v) is 17.0. The van der Waals surface area contributed by atoms with Crippen LogP contribution in [0.3, 0.4) is 0 Å². The number of rotatable bonds is 9. The van der Waals surface area contributed by atoms with Gasteiger partial charge in [-0.2, -0.15) is 0 Å². The lowest BCUT2D eigenvalue weighted by atomic mass is 10.1. The summed E-state index contributed by atoms with van der Waals surface area (Å²) in [6.45, 7) is 9.55. The summed E-state index contributed by atoms with van der Waals surface area (Å²) in [6, 6.07) is 2.61. The molecule has 0 radical (unpaired) electrons. The van der Waals surface area contributed by atoms with Gasteiger partial charge in [-0.1, -0.05) is 26.7 Å². The number of anilines is 1. The highest BCUT2D eigenvalue weighted by molar-refractivity contribution is 9.10. The monoisotopic (exact) mass is 382 g/mol. The summed E-state index contributed by atoms with van der Waals surface area (Å²) in [7, 11) is 4.17. The second kappa shape index (κ2) is 9.91. The molecule has 130 valence electrons. The molecule has 0 saturated carbocycles. The van der Waals surface area contributed by atoms with E-state index in [1.807, 2.05) is 25.2 Å². The third-order valence-electron chi connectivity index (χ3n) is 4.14. The van der Waals surface area contributed by atoms with Gasteiger partial charge in [0.25, 0.3) is 0 Å². The van der Waals surface area contributed by atoms with Crippen molar-refractivity contribution in [2.24, 2.45) is 4.99 Å². The highest BCUT2D eigenvalue weighted by Gasteiger charge is 2.18. The normalized spacial score (nSPS) is 11.5. The van der Waals surface area contributed by atoms with Crippen LogP contribution < -0.4 is 4.90 Å². The van der Waals surface area contributed by atoms with Gasteiger partial charge in [0.1, 0.15) is 5.82 Å². The fourth-order valence-electron chi connectivity index (χ4n) is 2.55. The lowest BCUT2D eigenvalue weighted by Crippen LogP contribution is -2.32. The molecule has 0 atom stereocenters. The van der Waals surface area contributed by atoms with Gasteiger partial charge in [-0.3, -0.25) is 0 Å². The molecule has 1 aromatic heterocycles. The van der Waals surface area contributed by atoms with E-state index in [0.29, 0.717) is 6.04 Å². The molecule has 0 N–H and O–H groups in total. The zero-order valence-electron chi connectivity index (χ0n) is 15.4. The van der Waals surface area contributed by atoms with Gasteiger partial charge < -0.3 is 9.80 Å². The Morgan fingerprint density at radius 1 is 1.22 bits per heavy atom. The first kappa shape index (κ1) is 19.9. The van der Waals surface area contributed by atoms with Crippen LogP contribution in [0.15, 0.2) is 15.5 Å². The first-order valence-electron chi connectivity index (χ1n) is 8.58. The van der Waals surface area contributed by atoms with Crippen LogP contribution in [0.25, 0.3) is 0 Å². The van der Waals surface area contributed by atoms with E-state index in [1.54, 1.807) is 0 Å². The molecule has 0 fully saturated rings. The third-order valence-corrected chi connectivity index (χ3v) is 4.72. The summed E-state index contributed by atoms with van der Waals surface area (Å²) in [5, 5.41) is 0. The highest BCUT2D eigenvalue weighted by atomic mass is 79.9. The van der Waals surface area contributed by atoms with E-state index in [0.717, 1.165) is 28.2 Å². The van der Waals surface area contributed by atoms with Crippen molar-refractivity contribution in [1.82, 2.24) is 9.88 Å². The maximum atomic E-state index is 4.81. The fraction of sp³-hybridized carbons (Fsp3) is 0.667. The smallest absolute Gasteiger partial charge is 0.143 e. The number of pyridine rings is 1. The van der Waals surface area contributed by atoms with E-state index in [9.17, 15) is 0 Å². The molecule has 23 heavy (non-hydrogen) atoms. The summed E-state index contributed by atoms with van der Waals surface area (Å²) in [5.41, 5.74) is 1.87. The summed E-state index contributed by atoms with van der Waals surface area (Å²) in [4.78, 5) is 13.7. The maximum Gasteiger partial charge on any atom is 0.143 e. The Morgan fingerprint density at radius 2 is 1.83 bits per heavy atom. The molecule has 0 aliphatic rings. The Morgan fingerprint density at radius 3 is 2.35 bits per heavy atom. The number of hydrogen-bond acceptors (Lipinski definition) is 3. The van der Waals surface area contributed by atoms with Crippen molar-refractivity contribution in [2.75, 3.05) is 25.5 Å². The van der Waals surface area contributed by atoms with Gasteiger partial charge in [-0.05, 0) is 48.7 Å². The minimum Gasteiger partial charge on any atom is -0.366 e. The van der Waals surface area contributed by atoms with E-state index < -0.39 is 0 Å². The molecule has 0 aromatic carbocycles. The van der Waals surface area contributed by atoms with Crippen LogP contribution in [0.2, 0.25) is 0 Å². The molecule has 0 aliphatic carbocycles. The molecule has 1 rings (SSSR count). The number of aliphatic imine (C=N–C) groups is 1. The topological polar surface area (TPSA) is 31.7 Å². The molecule has 5 heteroatoms. The number of nitrogens with zero attached hydrogens (tertiary/aromatic N) is 4. The van der Waals surface area contributed by atoms with Crippen molar-refractivity contribution in [2.45, 2.75) is 59.4 Å². The largest absolute Gasteiger partial charge is 0.366 e. The average Bonchev–Trinajstić information content (AvgIpc) is 2.54. The van der Waals surface area contributed by atoms with Gasteiger partial charge in [0.2, 0.25) is 0 Å². The first-order chi connectivity index (χ1) is 10.9. The van der Waals surface area contributed by atoms with Crippen LogP contribution in [0.1, 0.15) is 52.1 Å². The fourth-order valence-corrected chi connectivity index (χ4v) is 3.14. The molecular weight excluding hydrogens is 352 g/mol. The predicted octanol–water partition coefficient (Wildman–Crippen LogP) is 5.17. The number of aryl methyl sites for hydroxylation is 1. The number of aromatic nitrogens is 1. The van der Waals surface area contributed by atoms with Gasteiger partial charge >= 0.3 is 0 Å². The number of halogens is 1. The van der Waals surface area contributed by atoms with Crippen molar-refractivity contribution >= 4 is 33.8 Å². The van der Waals surface area contributed by atoms with Crippen molar-refractivity contribution in [3.8, 4) is 0 Å². The van der Waals surface area contributed by atoms with Gasteiger partial charge in [-0.15, -0.1) is 0 Å². The quantitative estimate of drug-likeness (QED) is 0.436. The molecular formula is C18H31BrN4. The van der Waals surface area contributed by atoms with Crippen LogP contribution in [0.5, 0.6) is 0 Å². The van der Waals surface area contributed by atoms with Crippen molar-refractivity contribution < 1.29 is 0 Å². The van der Waals surface area contributed by atoms with E-state index in [2.05, 4.69) is 59.7 Å². The zero-order chi connectivity index (χ0) is 17.4. The van der Waals surface area contributed by atoms with Crippen molar-refractivity contribution in [1.29, 1.82) is 0 Å². The Kier molecular flexibility index (Phi) is 8.59. The molecule has 1 aromatic rings. The lowest BCUT2D eigenvalue weighted by Gasteiger charge is -2.30. The van der Waals surface area contributed by atoms with Crippen LogP contribution in [-0.2, 0) is 0 Å². The summed E-state index contributed by atoms with van der Waals surface area (Å²) >= 11 is 3.68. The molecule has 0 unspecified atom stereocenters. The lowest BCUT2D eigenvalue weighted by molar-refractivity contribution is 0.524.